The predicted octanol–water partition coefficient (Wildman–Crippen LogP) is 1.85. The van der Waals surface area contributed by atoms with E-state index >= 15 is 0 Å². The van der Waals surface area contributed by atoms with Crippen LogP contribution in [0, 0.1) is 11.3 Å². The van der Waals surface area contributed by atoms with E-state index in [4.69, 9.17) is 14.7 Å². The van der Waals surface area contributed by atoms with Gasteiger partial charge in [-0.15, -0.1) is 0 Å². The molecule has 0 fully saturated rings. The van der Waals surface area contributed by atoms with Gasteiger partial charge in [0.1, 0.15) is 0 Å². The van der Waals surface area contributed by atoms with E-state index < -0.39 is 0 Å². The molecular weight excluding hydrogens is 216 g/mol. The monoisotopic (exact) mass is 232 g/mol. The molecule has 0 saturated heterocycles. The van der Waals surface area contributed by atoms with Crippen LogP contribution in [-0.4, -0.2) is 19.3 Å². The lowest BCUT2D eigenvalue weighted by atomic mass is 10.2. The van der Waals surface area contributed by atoms with Gasteiger partial charge >= 0.3 is 0 Å². The van der Waals surface area contributed by atoms with E-state index in [0.717, 1.165) is 23.5 Å². The Hall–Kier alpha value is -1.73. The first-order chi connectivity index (χ1) is 8.29. The van der Waals surface area contributed by atoms with Gasteiger partial charge in [0.25, 0.3) is 0 Å². The van der Waals surface area contributed by atoms with Gasteiger partial charge in [-0.25, -0.2) is 0 Å². The van der Waals surface area contributed by atoms with Gasteiger partial charge in [0.15, 0.2) is 11.5 Å². The van der Waals surface area contributed by atoms with Gasteiger partial charge in [-0.3, -0.25) is 5.32 Å². The van der Waals surface area contributed by atoms with Crippen molar-refractivity contribution < 1.29 is 9.47 Å². The minimum absolute atomic E-state index is 0.147. The quantitative estimate of drug-likeness (QED) is 0.864. The van der Waals surface area contributed by atoms with Crippen molar-refractivity contribution in [3.63, 3.8) is 0 Å². The van der Waals surface area contributed by atoms with Gasteiger partial charge in [-0.2, -0.15) is 5.26 Å². The Kier molecular flexibility index (Phi) is 3.84. The van der Waals surface area contributed by atoms with Crippen molar-refractivity contribution >= 4 is 0 Å². The van der Waals surface area contributed by atoms with Crippen LogP contribution in [0.5, 0.6) is 11.5 Å². The zero-order chi connectivity index (χ0) is 12.1. The molecule has 0 spiro atoms. The van der Waals surface area contributed by atoms with Crippen molar-refractivity contribution in [2.45, 2.75) is 25.9 Å². The van der Waals surface area contributed by atoms with Crippen molar-refractivity contribution in [2.24, 2.45) is 0 Å². The molecule has 1 N–H and O–H groups in total. The number of rotatable bonds is 3. The third kappa shape index (κ3) is 3.11. The highest BCUT2D eigenvalue weighted by Gasteiger charge is 2.10. The molecule has 90 valence electrons. The van der Waals surface area contributed by atoms with Gasteiger partial charge in [0, 0.05) is 13.0 Å². The Morgan fingerprint density at radius 1 is 1.35 bits per heavy atom. The highest BCUT2D eigenvalue weighted by Crippen LogP contribution is 2.30. The highest BCUT2D eigenvalue weighted by atomic mass is 16.5. The van der Waals surface area contributed by atoms with Crippen LogP contribution in [0.1, 0.15) is 18.9 Å². The average molecular weight is 232 g/mol. The van der Waals surface area contributed by atoms with E-state index in [1.54, 1.807) is 0 Å². The SMILES string of the molecule is CC(C#N)NCc1ccc2c(c1)OCCCO2. The van der Waals surface area contributed by atoms with E-state index in [-0.39, 0.29) is 6.04 Å². The summed E-state index contributed by atoms with van der Waals surface area (Å²) in [5.74, 6) is 1.60. The third-order valence-electron chi connectivity index (χ3n) is 2.62. The smallest absolute Gasteiger partial charge is 0.161 e. The number of benzene rings is 1. The Labute approximate surface area is 101 Å². The molecular formula is C13H16N2O2. The van der Waals surface area contributed by atoms with E-state index in [1.165, 1.54) is 0 Å². The van der Waals surface area contributed by atoms with Crippen molar-refractivity contribution in [1.82, 2.24) is 5.32 Å². The first kappa shape index (κ1) is 11.7. The number of nitriles is 1. The van der Waals surface area contributed by atoms with Crippen LogP contribution in [0.25, 0.3) is 0 Å². The largest absolute Gasteiger partial charge is 0.490 e. The van der Waals surface area contributed by atoms with Gasteiger partial charge in [-0.05, 0) is 24.6 Å². The second-order valence-electron chi connectivity index (χ2n) is 4.06. The number of hydrogen-bond donors (Lipinski definition) is 1. The van der Waals surface area contributed by atoms with Crippen LogP contribution >= 0.6 is 0 Å². The lowest BCUT2D eigenvalue weighted by Gasteiger charge is -2.10. The van der Waals surface area contributed by atoms with Crippen molar-refractivity contribution in [1.29, 1.82) is 5.26 Å². The lowest BCUT2D eigenvalue weighted by molar-refractivity contribution is 0.297. The Morgan fingerprint density at radius 3 is 2.88 bits per heavy atom. The van der Waals surface area contributed by atoms with E-state index in [0.29, 0.717) is 19.8 Å². The number of nitrogens with one attached hydrogen (secondary N) is 1. The van der Waals surface area contributed by atoms with Crippen LogP contribution < -0.4 is 14.8 Å². The standard InChI is InChI=1S/C13H16N2O2/c1-10(8-14)15-9-11-3-4-12-13(7-11)17-6-2-5-16-12/h3-4,7,10,15H,2,5-6,9H2,1H3. The molecule has 4 heteroatoms. The normalized spacial score (nSPS) is 15.8. The third-order valence-corrected chi connectivity index (χ3v) is 2.62. The van der Waals surface area contributed by atoms with Crippen LogP contribution in [0.3, 0.4) is 0 Å². The minimum atomic E-state index is -0.147. The molecule has 4 nitrogen and oxygen atoms in total. The maximum absolute atomic E-state index is 8.68. The summed E-state index contributed by atoms with van der Waals surface area (Å²) in [5.41, 5.74) is 1.09. The second-order valence-corrected chi connectivity index (χ2v) is 4.06. The van der Waals surface area contributed by atoms with Crippen molar-refractivity contribution in [3.8, 4) is 17.6 Å². The second kappa shape index (κ2) is 5.55. The molecule has 1 aliphatic rings. The summed E-state index contributed by atoms with van der Waals surface area (Å²) < 4.78 is 11.2. The maximum atomic E-state index is 8.68. The number of ether oxygens (including phenoxy) is 2. The highest BCUT2D eigenvalue weighted by molar-refractivity contribution is 5.43. The lowest BCUT2D eigenvalue weighted by Crippen LogP contribution is -2.23. The Morgan fingerprint density at radius 2 is 2.12 bits per heavy atom. The maximum Gasteiger partial charge on any atom is 0.161 e. The fourth-order valence-electron chi connectivity index (χ4n) is 1.63. The summed E-state index contributed by atoms with van der Waals surface area (Å²) >= 11 is 0. The molecule has 1 heterocycles. The zero-order valence-electron chi connectivity index (χ0n) is 9.90. The van der Waals surface area contributed by atoms with Gasteiger partial charge < -0.3 is 9.47 Å². The predicted molar refractivity (Wildman–Crippen MR) is 64.0 cm³/mol. The summed E-state index contributed by atoms with van der Waals surface area (Å²) in [4.78, 5) is 0. The van der Waals surface area contributed by atoms with Gasteiger partial charge in [0.05, 0.1) is 25.3 Å². The first-order valence-electron chi connectivity index (χ1n) is 5.81. The topological polar surface area (TPSA) is 54.3 Å². The zero-order valence-corrected chi connectivity index (χ0v) is 9.90. The molecule has 1 atom stereocenters. The molecule has 1 aromatic rings. The molecule has 0 saturated carbocycles. The minimum Gasteiger partial charge on any atom is -0.490 e. The summed E-state index contributed by atoms with van der Waals surface area (Å²) in [6.45, 7) is 3.89. The molecule has 0 amide bonds. The van der Waals surface area contributed by atoms with Gasteiger partial charge in [-0.1, -0.05) is 6.07 Å². The Bertz CT molecular complexity index is 426. The van der Waals surface area contributed by atoms with Crippen LogP contribution in [0.4, 0.5) is 0 Å². The van der Waals surface area contributed by atoms with Crippen LogP contribution in [-0.2, 0) is 6.54 Å². The molecule has 0 aromatic heterocycles. The number of nitrogens with zero attached hydrogens (tertiary/aromatic N) is 1. The summed E-state index contributed by atoms with van der Waals surface area (Å²) in [7, 11) is 0. The summed E-state index contributed by atoms with van der Waals surface area (Å²) in [6.07, 6.45) is 0.910. The summed E-state index contributed by atoms with van der Waals surface area (Å²) in [5, 5.41) is 11.8. The molecule has 1 unspecified atom stereocenters. The van der Waals surface area contributed by atoms with Crippen molar-refractivity contribution in [2.75, 3.05) is 13.2 Å². The van der Waals surface area contributed by atoms with Crippen LogP contribution in [0.2, 0.25) is 0 Å². The molecule has 0 radical (unpaired) electrons. The fraction of sp³-hybridized carbons (Fsp3) is 0.462. The summed E-state index contributed by atoms with van der Waals surface area (Å²) in [6, 6.07) is 7.88. The number of hydrogen-bond acceptors (Lipinski definition) is 4. The molecule has 0 aliphatic carbocycles. The van der Waals surface area contributed by atoms with E-state index in [2.05, 4.69) is 11.4 Å². The molecule has 0 bridgehead atoms. The molecule has 2 rings (SSSR count). The molecule has 1 aliphatic heterocycles. The fourth-order valence-corrected chi connectivity index (χ4v) is 1.63. The number of fused-ring (bicyclic) bond motifs is 1. The molecule has 1 aromatic carbocycles. The Balaban J connectivity index is 2.05. The van der Waals surface area contributed by atoms with E-state index in [9.17, 15) is 0 Å². The van der Waals surface area contributed by atoms with Gasteiger partial charge in [0.2, 0.25) is 0 Å². The first-order valence-corrected chi connectivity index (χ1v) is 5.81. The molecule has 17 heavy (non-hydrogen) atoms. The average Bonchev–Trinajstić information content (AvgIpc) is 2.60. The van der Waals surface area contributed by atoms with Crippen LogP contribution in [0.15, 0.2) is 18.2 Å². The van der Waals surface area contributed by atoms with Crippen molar-refractivity contribution in [3.05, 3.63) is 23.8 Å². The van der Waals surface area contributed by atoms with E-state index in [1.807, 2.05) is 25.1 Å².